The third kappa shape index (κ3) is 4.82. The Morgan fingerprint density at radius 1 is 1.24 bits per heavy atom. The highest BCUT2D eigenvalue weighted by atomic mass is 16.5. The zero-order valence-corrected chi connectivity index (χ0v) is 14.1. The van der Waals surface area contributed by atoms with Gasteiger partial charge >= 0.3 is 0 Å². The third-order valence-corrected chi connectivity index (χ3v) is 4.03. The van der Waals surface area contributed by atoms with E-state index in [1.807, 2.05) is 12.1 Å². The Bertz CT molecular complexity index is 688. The third-order valence-electron chi connectivity index (χ3n) is 4.03. The minimum atomic E-state index is -0.0271. The minimum absolute atomic E-state index is 0.0167. The van der Waals surface area contributed by atoms with Gasteiger partial charge in [-0.05, 0) is 12.1 Å². The zero-order valence-electron chi connectivity index (χ0n) is 14.1. The van der Waals surface area contributed by atoms with Crippen LogP contribution in [0.3, 0.4) is 0 Å². The van der Waals surface area contributed by atoms with Crippen LogP contribution in [-0.2, 0) is 4.79 Å². The number of aromatic nitrogens is 2. The summed E-state index contributed by atoms with van der Waals surface area (Å²) < 4.78 is 16.5. The van der Waals surface area contributed by atoms with Crippen molar-refractivity contribution in [3.63, 3.8) is 0 Å². The van der Waals surface area contributed by atoms with Gasteiger partial charge < -0.3 is 19.1 Å². The fourth-order valence-electron chi connectivity index (χ4n) is 2.67. The van der Waals surface area contributed by atoms with Crippen molar-refractivity contribution in [1.82, 2.24) is 14.9 Å². The number of hydrogen-bond acceptors (Lipinski definition) is 6. The highest BCUT2D eigenvalue weighted by Gasteiger charge is 2.24. The standard InChI is InChI=1S/C18H21N3O4/c1-23-15-3-2-4-16(11-15)24-13-18(22)21-9-5-14(6-10-21)25-17-12-19-7-8-20-17/h2-4,7-8,11-12,14H,5-6,9-10,13H2,1H3. The predicted octanol–water partition coefficient (Wildman–Crippen LogP) is 1.93. The van der Waals surface area contributed by atoms with Gasteiger partial charge in [-0.25, -0.2) is 4.98 Å². The zero-order chi connectivity index (χ0) is 17.5. The number of carbonyl (C=O) groups is 1. The first-order valence-electron chi connectivity index (χ1n) is 8.22. The molecule has 0 atom stereocenters. The SMILES string of the molecule is COc1cccc(OCC(=O)N2CCC(Oc3cnccn3)CC2)c1. The number of rotatable bonds is 6. The molecule has 0 bridgehead atoms. The molecule has 1 aromatic carbocycles. The van der Waals surface area contributed by atoms with E-state index in [0.29, 0.717) is 30.5 Å². The molecule has 1 fully saturated rings. The number of methoxy groups -OCH3 is 1. The van der Waals surface area contributed by atoms with E-state index < -0.39 is 0 Å². The van der Waals surface area contributed by atoms with Crippen molar-refractivity contribution in [2.75, 3.05) is 26.8 Å². The summed E-state index contributed by atoms with van der Waals surface area (Å²) in [6, 6.07) is 7.22. The number of carbonyl (C=O) groups excluding carboxylic acids is 1. The first kappa shape index (κ1) is 17.0. The van der Waals surface area contributed by atoms with Crippen LogP contribution in [0.2, 0.25) is 0 Å². The van der Waals surface area contributed by atoms with Gasteiger partial charge in [0.05, 0.1) is 13.3 Å². The lowest BCUT2D eigenvalue weighted by Crippen LogP contribution is -2.43. The van der Waals surface area contributed by atoms with Gasteiger partial charge in [0.2, 0.25) is 5.88 Å². The number of ether oxygens (including phenoxy) is 3. The van der Waals surface area contributed by atoms with E-state index in [4.69, 9.17) is 14.2 Å². The maximum Gasteiger partial charge on any atom is 0.260 e. The Balaban J connectivity index is 1.43. The number of hydrogen-bond donors (Lipinski definition) is 0. The second-order valence-electron chi connectivity index (χ2n) is 5.71. The molecule has 3 rings (SSSR count). The van der Waals surface area contributed by atoms with E-state index >= 15 is 0 Å². The van der Waals surface area contributed by atoms with Crippen LogP contribution >= 0.6 is 0 Å². The molecule has 0 radical (unpaired) electrons. The fourth-order valence-corrected chi connectivity index (χ4v) is 2.67. The molecule has 1 saturated heterocycles. The molecule has 25 heavy (non-hydrogen) atoms. The molecule has 2 heterocycles. The van der Waals surface area contributed by atoms with Crippen LogP contribution in [0.4, 0.5) is 0 Å². The second-order valence-corrected chi connectivity index (χ2v) is 5.71. The molecule has 1 aliphatic rings. The Morgan fingerprint density at radius 3 is 2.76 bits per heavy atom. The molecule has 132 valence electrons. The molecule has 0 aliphatic carbocycles. The Kier molecular flexibility index (Phi) is 5.66. The molecule has 1 aliphatic heterocycles. The van der Waals surface area contributed by atoms with Crippen LogP contribution < -0.4 is 14.2 Å². The van der Waals surface area contributed by atoms with E-state index in [9.17, 15) is 4.79 Å². The molecule has 0 unspecified atom stereocenters. The molecule has 0 spiro atoms. The molecule has 1 amide bonds. The summed E-state index contributed by atoms with van der Waals surface area (Å²) in [5, 5.41) is 0. The van der Waals surface area contributed by atoms with Crippen LogP contribution in [0, 0.1) is 0 Å². The first-order chi connectivity index (χ1) is 12.2. The van der Waals surface area contributed by atoms with Crippen molar-refractivity contribution in [3.05, 3.63) is 42.9 Å². The lowest BCUT2D eigenvalue weighted by atomic mass is 10.1. The quantitative estimate of drug-likeness (QED) is 0.798. The second kappa shape index (κ2) is 8.32. The summed E-state index contributed by atoms with van der Waals surface area (Å²) in [7, 11) is 1.59. The van der Waals surface area contributed by atoms with Crippen LogP contribution in [-0.4, -0.2) is 53.7 Å². The lowest BCUT2D eigenvalue weighted by molar-refractivity contribution is -0.135. The van der Waals surface area contributed by atoms with Gasteiger partial charge in [0.25, 0.3) is 5.91 Å². The summed E-state index contributed by atoms with van der Waals surface area (Å²) in [6.07, 6.45) is 6.39. The number of nitrogens with zero attached hydrogens (tertiary/aromatic N) is 3. The average Bonchev–Trinajstić information content (AvgIpc) is 2.67. The van der Waals surface area contributed by atoms with E-state index in [2.05, 4.69) is 9.97 Å². The van der Waals surface area contributed by atoms with E-state index in [0.717, 1.165) is 12.8 Å². The van der Waals surface area contributed by atoms with Crippen molar-refractivity contribution in [1.29, 1.82) is 0 Å². The summed E-state index contributed by atoms with van der Waals surface area (Å²) in [5.74, 6) is 1.81. The maximum atomic E-state index is 12.3. The van der Waals surface area contributed by atoms with Crippen molar-refractivity contribution < 1.29 is 19.0 Å². The van der Waals surface area contributed by atoms with Crippen molar-refractivity contribution in [2.24, 2.45) is 0 Å². The first-order valence-corrected chi connectivity index (χ1v) is 8.22. The molecule has 0 saturated carbocycles. The van der Waals surface area contributed by atoms with Crippen LogP contribution in [0.15, 0.2) is 42.9 Å². The average molecular weight is 343 g/mol. The predicted molar refractivity (Wildman–Crippen MR) is 90.8 cm³/mol. The molecule has 1 aromatic heterocycles. The van der Waals surface area contributed by atoms with Crippen molar-refractivity contribution >= 4 is 5.91 Å². The summed E-state index contributed by atoms with van der Waals surface area (Å²) in [5.41, 5.74) is 0. The molecule has 2 aromatic rings. The van der Waals surface area contributed by atoms with E-state index in [1.165, 1.54) is 0 Å². The van der Waals surface area contributed by atoms with Gasteiger partial charge in [0, 0.05) is 44.4 Å². The lowest BCUT2D eigenvalue weighted by Gasteiger charge is -2.31. The number of benzene rings is 1. The monoisotopic (exact) mass is 343 g/mol. The Labute approximate surface area is 146 Å². The van der Waals surface area contributed by atoms with E-state index in [1.54, 1.807) is 42.7 Å². The highest BCUT2D eigenvalue weighted by molar-refractivity contribution is 5.77. The largest absolute Gasteiger partial charge is 0.497 e. The summed E-state index contributed by atoms with van der Waals surface area (Å²) in [6.45, 7) is 1.30. The van der Waals surface area contributed by atoms with Crippen molar-refractivity contribution in [3.8, 4) is 17.4 Å². The van der Waals surface area contributed by atoms with Gasteiger partial charge in [-0.2, -0.15) is 0 Å². The van der Waals surface area contributed by atoms with Gasteiger partial charge in [0.15, 0.2) is 6.61 Å². The molecule has 7 heteroatoms. The number of amides is 1. The Hall–Kier alpha value is -2.83. The van der Waals surface area contributed by atoms with Gasteiger partial charge in [-0.1, -0.05) is 6.07 Å². The van der Waals surface area contributed by atoms with Gasteiger partial charge in [0.1, 0.15) is 17.6 Å². The maximum absolute atomic E-state index is 12.3. The minimum Gasteiger partial charge on any atom is -0.497 e. The van der Waals surface area contributed by atoms with Crippen LogP contribution in [0.5, 0.6) is 17.4 Å². The van der Waals surface area contributed by atoms with Crippen LogP contribution in [0.1, 0.15) is 12.8 Å². The van der Waals surface area contributed by atoms with Crippen LogP contribution in [0.25, 0.3) is 0 Å². The number of piperidine rings is 1. The van der Waals surface area contributed by atoms with Crippen molar-refractivity contribution in [2.45, 2.75) is 18.9 Å². The number of likely N-dealkylation sites (tertiary alicyclic amines) is 1. The summed E-state index contributed by atoms with van der Waals surface area (Å²) >= 11 is 0. The van der Waals surface area contributed by atoms with Gasteiger partial charge in [-0.15, -0.1) is 0 Å². The normalized spacial score (nSPS) is 14.8. The fraction of sp³-hybridized carbons (Fsp3) is 0.389. The molecular weight excluding hydrogens is 322 g/mol. The highest BCUT2D eigenvalue weighted by Crippen LogP contribution is 2.20. The smallest absolute Gasteiger partial charge is 0.260 e. The van der Waals surface area contributed by atoms with Gasteiger partial charge in [-0.3, -0.25) is 9.78 Å². The topological polar surface area (TPSA) is 73.8 Å². The molecule has 7 nitrogen and oxygen atoms in total. The summed E-state index contributed by atoms with van der Waals surface area (Å²) in [4.78, 5) is 22.2. The Morgan fingerprint density at radius 2 is 2.04 bits per heavy atom. The molecular formula is C18H21N3O4. The van der Waals surface area contributed by atoms with E-state index in [-0.39, 0.29) is 18.6 Å². The molecule has 0 N–H and O–H groups in total.